The summed E-state index contributed by atoms with van der Waals surface area (Å²) in [4.78, 5) is 6.38. The topological polar surface area (TPSA) is 71.4 Å². The number of hydrogen-bond donors (Lipinski definition) is 0. The highest BCUT2D eigenvalue weighted by Gasteiger charge is 2.33. The Morgan fingerprint density at radius 2 is 1.74 bits per heavy atom. The van der Waals surface area contributed by atoms with Crippen molar-refractivity contribution in [2.75, 3.05) is 39.5 Å². The number of methoxy groups -OCH3 is 1. The maximum atomic E-state index is 13.2. The van der Waals surface area contributed by atoms with Crippen LogP contribution in [0.2, 0.25) is 0 Å². The summed E-state index contributed by atoms with van der Waals surface area (Å²) in [6, 6.07) is 8.23. The molecule has 2 heterocycles. The van der Waals surface area contributed by atoms with Gasteiger partial charge in [-0.05, 0) is 30.3 Å². The van der Waals surface area contributed by atoms with Crippen LogP contribution in [-0.2, 0) is 16.2 Å². The Kier molecular flexibility index (Phi) is 5.34. The molecule has 31 heavy (non-hydrogen) atoms. The zero-order valence-corrected chi connectivity index (χ0v) is 17.6. The minimum Gasteiger partial charge on any atom is -0.497 e. The fourth-order valence-corrected chi connectivity index (χ4v) is 4.36. The highest BCUT2D eigenvalue weighted by molar-refractivity contribution is 7.88. The molecule has 2 aliphatic heterocycles. The summed E-state index contributed by atoms with van der Waals surface area (Å²) < 4.78 is 75.9. The van der Waals surface area contributed by atoms with E-state index in [-0.39, 0.29) is 24.5 Å². The minimum atomic E-state index is -4.52. The van der Waals surface area contributed by atoms with Gasteiger partial charge >= 0.3 is 6.18 Å². The van der Waals surface area contributed by atoms with Crippen LogP contribution in [0.3, 0.4) is 0 Å². The minimum absolute atomic E-state index is 0.0468. The first-order chi connectivity index (χ1) is 14.6. The van der Waals surface area contributed by atoms with Crippen LogP contribution in [-0.4, -0.2) is 63.0 Å². The summed E-state index contributed by atoms with van der Waals surface area (Å²) in [5.41, 5.74) is -0.202. The van der Waals surface area contributed by atoms with E-state index in [4.69, 9.17) is 9.47 Å². The normalized spacial score (nSPS) is 17.2. The summed E-state index contributed by atoms with van der Waals surface area (Å²) in [7, 11) is -1.83. The van der Waals surface area contributed by atoms with Crippen LogP contribution in [0.25, 0.3) is 0 Å². The average molecular weight is 455 g/mol. The van der Waals surface area contributed by atoms with Gasteiger partial charge in [-0.25, -0.2) is 13.4 Å². The predicted molar refractivity (Wildman–Crippen MR) is 109 cm³/mol. The molecule has 2 aliphatic rings. The van der Waals surface area contributed by atoms with Crippen molar-refractivity contribution in [2.45, 2.75) is 6.18 Å². The molecule has 1 saturated heterocycles. The monoisotopic (exact) mass is 455 g/mol. The molecule has 0 N–H and O–H groups in total. The van der Waals surface area contributed by atoms with E-state index in [1.54, 1.807) is 18.2 Å². The van der Waals surface area contributed by atoms with Crippen molar-refractivity contribution in [2.24, 2.45) is 4.99 Å². The largest absolute Gasteiger partial charge is 0.497 e. The number of amidine groups is 1. The quantitative estimate of drug-likeness (QED) is 0.694. The molecule has 0 unspecified atom stereocenters. The van der Waals surface area contributed by atoms with Crippen LogP contribution >= 0.6 is 0 Å². The summed E-state index contributed by atoms with van der Waals surface area (Å²) in [5.74, 6) is 1.52. The third-order valence-corrected chi connectivity index (χ3v) is 6.47. The maximum absolute atomic E-state index is 13.2. The lowest BCUT2D eigenvalue weighted by molar-refractivity contribution is -0.137. The van der Waals surface area contributed by atoms with E-state index in [2.05, 4.69) is 4.99 Å². The molecule has 0 bridgehead atoms. The van der Waals surface area contributed by atoms with E-state index in [1.807, 2.05) is 4.90 Å². The Bertz CT molecular complexity index is 1140. The first kappa shape index (κ1) is 21.4. The molecule has 166 valence electrons. The number of ether oxygens (including phenoxy) is 2. The second-order valence-corrected chi connectivity index (χ2v) is 9.21. The number of benzene rings is 2. The summed E-state index contributed by atoms with van der Waals surface area (Å²) in [6.07, 6.45) is -3.37. The van der Waals surface area contributed by atoms with Gasteiger partial charge in [0.05, 0.1) is 24.5 Å². The molecule has 11 heteroatoms. The van der Waals surface area contributed by atoms with Crippen LogP contribution in [0.15, 0.2) is 41.4 Å². The van der Waals surface area contributed by atoms with Crippen molar-refractivity contribution in [3.05, 3.63) is 47.5 Å². The van der Waals surface area contributed by atoms with Gasteiger partial charge in [-0.1, -0.05) is 0 Å². The molecule has 2 aromatic rings. The Balaban J connectivity index is 1.79. The van der Waals surface area contributed by atoms with Gasteiger partial charge in [0.15, 0.2) is 5.75 Å². The number of halogens is 3. The molecule has 1 fully saturated rings. The summed E-state index contributed by atoms with van der Waals surface area (Å²) >= 11 is 0. The Morgan fingerprint density at radius 3 is 2.35 bits per heavy atom. The molecule has 0 amide bonds. The average Bonchev–Trinajstić information content (AvgIpc) is 2.88. The highest BCUT2D eigenvalue weighted by atomic mass is 32.2. The molecule has 0 spiro atoms. The molecule has 2 aromatic carbocycles. The van der Waals surface area contributed by atoms with Gasteiger partial charge in [0, 0.05) is 32.2 Å². The number of nitrogens with zero attached hydrogens (tertiary/aromatic N) is 3. The zero-order chi connectivity index (χ0) is 22.4. The standard InChI is InChI=1S/C20H20F3N3O4S/c1-29-14-4-5-15-18(12-14)30-17-6-3-13(20(21,22)23)11-16(17)24-19(15)25-7-9-26(10-8-25)31(2,27)28/h3-6,11-12H,7-10H2,1-2H3. The van der Waals surface area contributed by atoms with Crippen molar-refractivity contribution in [1.29, 1.82) is 0 Å². The number of sulfonamides is 1. The molecule has 0 aliphatic carbocycles. The molecule has 7 nitrogen and oxygen atoms in total. The van der Waals surface area contributed by atoms with Crippen LogP contribution in [0.4, 0.5) is 18.9 Å². The van der Waals surface area contributed by atoms with Crippen LogP contribution in [0, 0.1) is 0 Å². The van der Waals surface area contributed by atoms with Gasteiger partial charge in [-0.2, -0.15) is 17.5 Å². The third kappa shape index (κ3) is 4.33. The van der Waals surface area contributed by atoms with Gasteiger partial charge in [0.2, 0.25) is 10.0 Å². The van der Waals surface area contributed by atoms with E-state index in [1.165, 1.54) is 17.5 Å². The van der Waals surface area contributed by atoms with Gasteiger partial charge in [0.25, 0.3) is 0 Å². The number of aliphatic imine (C=N–C) groups is 1. The lowest BCUT2D eigenvalue weighted by atomic mass is 10.1. The molecule has 0 radical (unpaired) electrons. The maximum Gasteiger partial charge on any atom is 0.416 e. The second kappa shape index (κ2) is 7.72. The molecule has 0 atom stereocenters. The van der Waals surface area contributed by atoms with Crippen LogP contribution < -0.4 is 9.47 Å². The van der Waals surface area contributed by atoms with Gasteiger partial charge in [-0.15, -0.1) is 0 Å². The smallest absolute Gasteiger partial charge is 0.416 e. The first-order valence-corrected chi connectivity index (χ1v) is 11.3. The Hall–Kier alpha value is -2.79. The lowest BCUT2D eigenvalue weighted by Crippen LogP contribution is -2.50. The fourth-order valence-electron chi connectivity index (χ4n) is 3.53. The van der Waals surface area contributed by atoms with E-state index in [0.29, 0.717) is 36.0 Å². The van der Waals surface area contributed by atoms with Gasteiger partial charge in [0.1, 0.15) is 23.0 Å². The van der Waals surface area contributed by atoms with Crippen molar-refractivity contribution in [3.63, 3.8) is 0 Å². The number of hydrogen-bond acceptors (Lipinski definition) is 6. The fraction of sp³-hybridized carbons (Fsp3) is 0.350. The van der Waals surface area contributed by atoms with E-state index in [9.17, 15) is 21.6 Å². The van der Waals surface area contributed by atoms with E-state index in [0.717, 1.165) is 18.4 Å². The molecule has 0 aromatic heterocycles. The van der Waals surface area contributed by atoms with Gasteiger partial charge in [-0.3, -0.25) is 0 Å². The third-order valence-electron chi connectivity index (χ3n) is 5.17. The molecular weight excluding hydrogens is 435 g/mol. The van der Waals surface area contributed by atoms with Crippen molar-refractivity contribution in [3.8, 4) is 17.2 Å². The number of fused-ring (bicyclic) bond motifs is 2. The second-order valence-electron chi connectivity index (χ2n) is 7.23. The van der Waals surface area contributed by atoms with E-state index < -0.39 is 21.8 Å². The Morgan fingerprint density at radius 1 is 1.03 bits per heavy atom. The molecular formula is C20H20F3N3O4S. The number of alkyl halides is 3. The van der Waals surface area contributed by atoms with Crippen molar-refractivity contribution >= 4 is 21.5 Å². The van der Waals surface area contributed by atoms with Gasteiger partial charge < -0.3 is 14.4 Å². The summed E-state index contributed by atoms with van der Waals surface area (Å²) in [6.45, 7) is 1.18. The number of rotatable bonds is 2. The molecule has 0 saturated carbocycles. The lowest BCUT2D eigenvalue weighted by Gasteiger charge is -2.35. The van der Waals surface area contributed by atoms with Crippen molar-refractivity contribution < 1.29 is 31.1 Å². The summed E-state index contributed by atoms with van der Waals surface area (Å²) in [5, 5.41) is 0. The molecule has 4 rings (SSSR count). The van der Waals surface area contributed by atoms with Crippen LogP contribution in [0.5, 0.6) is 17.2 Å². The van der Waals surface area contributed by atoms with E-state index >= 15 is 0 Å². The SMILES string of the molecule is COc1ccc2c(c1)Oc1ccc(C(F)(F)F)cc1N=C2N1CCN(S(C)(=O)=O)CC1. The predicted octanol–water partition coefficient (Wildman–Crippen LogP) is 3.48. The Labute approximate surface area is 177 Å². The van der Waals surface area contributed by atoms with Crippen molar-refractivity contribution in [1.82, 2.24) is 9.21 Å². The van der Waals surface area contributed by atoms with Crippen LogP contribution in [0.1, 0.15) is 11.1 Å². The highest BCUT2D eigenvalue weighted by Crippen LogP contribution is 2.42. The first-order valence-electron chi connectivity index (χ1n) is 9.42. The number of piperazine rings is 1. The zero-order valence-electron chi connectivity index (χ0n) is 16.8.